The lowest BCUT2D eigenvalue weighted by molar-refractivity contribution is -0.134. The number of rotatable bonds is 1. The summed E-state index contributed by atoms with van der Waals surface area (Å²) >= 11 is 0. The molecule has 12 heavy (non-hydrogen) atoms. The molecule has 0 saturated heterocycles. The Kier molecular flexibility index (Phi) is 2.17. The highest BCUT2D eigenvalue weighted by atomic mass is 16.3. The summed E-state index contributed by atoms with van der Waals surface area (Å²) in [6.45, 7) is 3.61. The molecule has 1 aliphatic rings. The molecule has 2 unspecified atom stereocenters. The van der Waals surface area contributed by atoms with Crippen LogP contribution in [0.1, 0.15) is 39.5 Å². The number of hydrogen-bond donors (Lipinski definition) is 2. The van der Waals surface area contributed by atoms with Crippen molar-refractivity contribution in [2.45, 2.75) is 45.1 Å². The van der Waals surface area contributed by atoms with Gasteiger partial charge in [-0.15, -0.1) is 0 Å². The lowest BCUT2D eigenvalue weighted by Gasteiger charge is -2.39. The summed E-state index contributed by atoms with van der Waals surface area (Å²) in [7, 11) is 0. The highest BCUT2D eigenvalue weighted by Crippen LogP contribution is 2.40. The maximum atomic E-state index is 11.1. The molecule has 70 valence electrons. The molecule has 0 aromatic rings. The van der Waals surface area contributed by atoms with E-state index in [0.29, 0.717) is 6.42 Å². The first-order valence-corrected chi connectivity index (χ1v) is 4.38. The Hall–Kier alpha value is -0.570. The molecule has 1 aliphatic carbocycles. The van der Waals surface area contributed by atoms with Gasteiger partial charge in [0.15, 0.2) is 0 Å². The quantitative estimate of drug-likeness (QED) is 0.613. The molecule has 0 radical (unpaired) electrons. The molecule has 3 heteroatoms. The van der Waals surface area contributed by atoms with Crippen LogP contribution in [0.25, 0.3) is 0 Å². The van der Waals surface area contributed by atoms with Crippen LogP contribution < -0.4 is 5.73 Å². The van der Waals surface area contributed by atoms with Crippen LogP contribution >= 0.6 is 0 Å². The molecule has 0 aromatic heterocycles. The second-order valence-electron chi connectivity index (χ2n) is 4.45. The van der Waals surface area contributed by atoms with Gasteiger partial charge in [0.2, 0.25) is 5.91 Å². The third-order valence-electron chi connectivity index (χ3n) is 2.81. The Labute approximate surface area is 72.9 Å². The molecule has 2 atom stereocenters. The topological polar surface area (TPSA) is 63.3 Å². The monoisotopic (exact) mass is 171 g/mol. The maximum absolute atomic E-state index is 11.1. The van der Waals surface area contributed by atoms with E-state index < -0.39 is 11.0 Å². The van der Waals surface area contributed by atoms with E-state index in [1.807, 2.05) is 6.92 Å². The molecule has 0 aromatic carbocycles. The van der Waals surface area contributed by atoms with E-state index in [4.69, 9.17) is 5.73 Å². The molecule has 1 rings (SSSR count). The summed E-state index contributed by atoms with van der Waals surface area (Å²) in [5.41, 5.74) is 4.07. The average Bonchev–Trinajstić information content (AvgIpc) is 1.83. The third kappa shape index (κ3) is 1.78. The van der Waals surface area contributed by atoms with E-state index in [-0.39, 0.29) is 5.91 Å². The first-order chi connectivity index (χ1) is 5.36. The molecule has 0 aliphatic heterocycles. The van der Waals surface area contributed by atoms with Gasteiger partial charge in [0.05, 0.1) is 5.60 Å². The minimum atomic E-state index is -0.706. The van der Waals surface area contributed by atoms with E-state index in [9.17, 15) is 9.90 Å². The second-order valence-corrected chi connectivity index (χ2v) is 4.45. The zero-order chi connectivity index (χ0) is 9.41. The van der Waals surface area contributed by atoms with Gasteiger partial charge in [-0.3, -0.25) is 4.79 Å². The van der Waals surface area contributed by atoms with Crippen molar-refractivity contribution in [1.82, 2.24) is 0 Å². The predicted octanol–water partition coefficient (Wildman–Crippen LogP) is 0.803. The van der Waals surface area contributed by atoms with Gasteiger partial charge < -0.3 is 10.8 Å². The van der Waals surface area contributed by atoms with Gasteiger partial charge in [-0.05, 0) is 32.6 Å². The molecule has 1 amide bonds. The van der Waals surface area contributed by atoms with Crippen molar-refractivity contribution in [1.29, 1.82) is 0 Å². The van der Waals surface area contributed by atoms with Gasteiger partial charge >= 0.3 is 0 Å². The number of aliphatic hydroxyl groups is 1. The Bertz CT molecular complexity index is 201. The smallest absolute Gasteiger partial charge is 0.223 e. The SMILES string of the molecule is CC1(O)CCCC(C)(C(N)=O)C1. The molecule has 0 bridgehead atoms. The van der Waals surface area contributed by atoms with Crippen molar-refractivity contribution in [2.75, 3.05) is 0 Å². The normalized spacial score (nSPS) is 42.6. The number of carbonyl (C=O) groups excluding carboxylic acids is 1. The number of carbonyl (C=O) groups is 1. The van der Waals surface area contributed by atoms with Crippen LogP contribution in [0, 0.1) is 5.41 Å². The second kappa shape index (κ2) is 2.73. The van der Waals surface area contributed by atoms with Gasteiger partial charge in [-0.1, -0.05) is 6.92 Å². The fraction of sp³-hybridized carbons (Fsp3) is 0.889. The number of nitrogens with two attached hydrogens (primary N) is 1. The van der Waals surface area contributed by atoms with Crippen LogP contribution in [0.3, 0.4) is 0 Å². The largest absolute Gasteiger partial charge is 0.390 e. The molecular formula is C9H17NO2. The van der Waals surface area contributed by atoms with E-state index in [0.717, 1.165) is 19.3 Å². The Morgan fingerprint density at radius 1 is 1.42 bits per heavy atom. The van der Waals surface area contributed by atoms with Crippen LogP contribution in [0.2, 0.25) is 0 Å². The highest BCUT2D eigenvalue weighted by Gasteiger charge is 2.41. The lowest BCUT2D eigenvalue weighted by atomic mass is 9.69. The summed E-state index contributed by atoms with van der Waals surface area (Å²) in [4.78, 5) is 11.1. The van der Waals surface area contributed by atoms with Crippen LogP contribution in [-0.2, 0) is 4.79 Å². The Morgan fingerprint density at radius 3 is 2.33 bits per heavy atom. The van der Waals surface area contributed by atoms with Crippen LogP contribution in [-0.4, -0.2) is 16.6 Å². The fourth-order valence-electron chi connectivity index (χ4n) is 2.09. The Balaban J connectivity index is 2.74. The number of primary amides is 1. The van der Waals surface area contributed by atoms with Gasteiger partial charge in [0.25, 0.3) is 0 Å². The van der Waals surface area contributed by atoms with Crippen LogP contribution in [0.4, 0.5) is 0 Å². The zero-order valence-corrected chi connectivity index (χ0v) is 7.76. The number of amides is 1. The molecular weight excluding hydrogens is 154 g/mol. The van der Waals surface area contributed by atoms with Crippen LogP contribution in [0.5, 0.6) is 0 Å². The van der Waals surface area contributed by atoms with Gasteiger partial charge in [0.1, 0.15) is 0 Å². The van der Waals surface area contributed by atoms with E-state index in [1.165, 1.54) is 0 Å². The summed E-state index contributed by atoms with van der Waals surface area (Å²) in [6.07, 6.45) is 2.95. The van der Waals surface area contributed by atoms with Crippen molar-refractivity contribution >= 4 is 5.91 Å². The molecule has 3 nitrogen and oxygen atoms in total. The molecule has 0 spiro atoms. The van der Waals surface area contributed by atoms with Gasteiger partial charge in [-0.25, -0.2) is 0 Å². The van der Waals surface area contributed by atoms with Crippen molar-refractivity contribution < 1.29 is 9.90 Å². The first kappa shape index (κ1) is 9.52. The fourth-order valence-corrected chi connectivity index (χ4v) is 2.09. The molecule has 1 saturated carbocycles. The summed E-state index contributed by atoms with van der Waals surface area (Å²) in [5, 5.41) is 9.75. The lowest BCUT2D eigenvalue weighted by Crippen LogP contribution is -2.45. The third-order valence-corrected chi connectivity index (χ3v) is 2.81. The van der Waals surface area contributed by atoms with Crippen molar-refractivity contribution in [3.8, 4) is 0 Å². The minimum absolute atomic E-state index is 0.289. The van der Waals surface area contributed by atoms with E-state index >= 15 is 0 Å². The average molecular weight is 171 g/mol. The Morgan fingerprint density at radius 2 is 2.00 bits per heavy atom. The highest BCUT2D eigenvalue weighted by molar-refractivity contribution is 5.80. The first-order valence-electron chi connectivity index (χ1n) is 4.38. The zero-order valence-electron chi connectivity index (χ0n) is 7.76. The number of hydrogen-bond acceptors (Lipinski definition) is 2. The van der Waals surface area contributed by atoms with E-state index in [2.05, 4.69) is 0 Å². The molecule has 0 heterocycles. The van der Waals surface area contributed by atoms with Gasteiger partial charge in [-0.2, -0.15) is 0 Å². The van der Waals surface area contributed by atoms with Gasteiger partial charge in [0, 0.05) is 5.41 Å². The van der Waals surface area contributed by atoms with E-state index in [1.54, 1.807) is 6.92 Å². The molecule has 1 fully saturated rings. The van der Waals surface area contributed by atoms with Crippen molar-refractivity contribution in [3.05, 3.63) is 0 Å². The van der Waals surface area contributed by atoms with Crippen molar-refractivity contribution in [3.63, 3.8) is 0 Å². The summed E-state index contributed by atoms with van der Waals surface area (Å²) in [5.74, 6) is -0.289. The summed E-state index contributed by atoms with van der Waals surface area (Å²) in [6, 6.07) is 0. The summed E-state index contributed by atoms with van der Waals surface area (Å²) < 4.78 is 0. The van der Waals surface area contributed by atoms with Crippen LogP contribution in [0.15, 0.2) is 0 Å². The maximum Gasteiger partial charge on any atom is 0.223 e. The van der Waals surface area contributed by atoms with Crippen molar-refractivity contribution in [2.24, 2.45) is 11.1 Å². The standard InChI is InChI=1S/C9H17NO2/c1-8(7(10)11)4-3-5-9(2,12)6-8/h12H,3-6H2,1-2H3,(H2,10,11). The minimum Gasteiger partial charge on any atom is -0.390 e. The molecule has 3 N–H and O–H groups in total. The predicted molar refractivity (Wildman–Crippen MR) is 46.4 cm³/mol.